The molecule has 1 amide bonds. The molecular formula is C25H40N2O. The van der Waals surface area contributed by atoms with Gasteiger partial charge in [-0.1, -0.05) is 37.1 Å². The minimum absolute atomic E-state index is 0.192. The average Bonchev–Trinajstić information content (AvgIpc) is 3.03. The molecule has 4 rings (SSSR count). The summed E-state index contributed by atoms with van der Waals surface area (Å²) in [5.41, 5.74) is 4.15. The number of hydrogen-bond acceptors (Lipinski definition) is 2. The molecule has 0 aliphatic heterocycles. The molecule has 3 nitrogen and oxygen atoms in total. The zero-order chi connectivity index (χ0) is 20.3. The zero-order valence-corrected chi connectivity index (χ0v) is 18.8. The first kappa shape index (κ1) is 20.2. The van der Waals surface area contributed by atoms with E-state index in [4.69, 9.17) is 0 Å². The highest BCUT2D eigenvalue weighted by Crippen LogP contribution is 2.65. The number of carbonyl (C=O) groups excluding carboxylic acids is 1. The van der Waals surface area contributed by atoms with E-state index in [-0.39, 0.29) is 11.3 Å². The fourth-order valence-corrected chi connectivity index (χ4v) is 7.57. The Bertz CT molecular complexity index is 709. The van der Waals surface area contributed by atoms with Gasteiger partial charge in [-0.15, -0.1) is 0 Å². The molecule has 0 aromatic heterocycles. The van der Waals surface area contributed by atoms with Crippen LogP contribution in [0.3, 0.4) is 0 Å². The van der Waals surface area contributed by atoms with E-state index in [2.05, 4.69) is 45.3 Å². The van der Waals surface area contributed by atoms with Crippen LogP contribution in [0.1, 0.15) is 72.6 Å². The van der Waals surface area contributed by atoms with E-state index in [1.165, 1.54) is 38.5 Å². The third-order valence-corrected chi connectivity index (χ3v) is 9.68. The summed E-state index contributed by atoms with van der Waals surface area (Å²) in [4.78, 5) is 14.0. The largest absolute Gasteiger partial charge is 0.343 e. The van der Waals surface area contributed by atoms with Crippen LogP contribution in [0, 0.1) is 28.6 Å². The predicted molar refractivity (Wildman–Crippen MR) is 116 cm³/mol. The van der Waals surface area contributed by atoms with Gasteiger partial charge in [0, 0.05) is 26.1 Å². The average molecular weight is 385 g/mol. The molecule has 0 aromatic carbocycles. The van der Waals surface area contributed by atoms with Crippen molar-refractivity contribution in [3.63, 3.8) is 0 Å². The summed E-state index contributed by atoms with van der Waals surface area (Å²) < 4.78 is 0. The first-order valence-electron chi connectivity index (χ1n) is 11.5. The standard InChI is InChI=1S/C25H40N2O/c1-16(27(6)17(2)28)21-9-10-22-20-8-7-18-15-19(26-5)11-13-24(18,3)23(20)12-14-25(21,22)4/h7,10,16,19-21,23,26H,8-9,11-15H2,1-6H3. The number of amides is 1. The lowest BCUT2D eigenvalue weighted by atomic mass is 9.48. The van der Waals surface area contributed by atoms with Crippen molar-refractivity contribution >= 4 is 5.91 Å². The summed E-state index contributed by atoms with van der Waals surface area (Å²) in [5, 5.41) is 3.52. The van der Waals surface area contributed by atoms with Gasteiger partial charge in [0.1, 0.15) is 0 Å². The van der Waals surface area contributed by atoms with Crippen LogP contribution in [0.15, 0.2) is 23.3 Å². The Hall–Kier alpha value is -1.09. The van der Waals surface area contributed by atoms with Gasteiger partial charge in [0.2, 0.25) is 5.91 Å². The summed E-state index contributed by atoms with van der Waals surface area (Å²) in [6.45, 7) is 9.05. The number of rotatable bonds is 3. The third-order valence-electron chi connectivity index (χ3n) is 9.68. The Balaban J connectivity index is 1.60. The van der Waals surface area contributed by atoms with Crippen molar-refractivity contribution in [2.75, 3.05) is 14.1 Å². The van der Waals surface area contributed by atoms with Crippen molar-refractivity contribution in [1.82, 2.24) is 10.2 Å². The van der Waals surface area contributed by atoms with Gasteiger partial charge in [0.25, 0.3) is 0 Å². The van der Waals surface area contributed by atoms with Gasteiger partial charge in [-0.05, 0) is 87.5 Å². The molecule has 0 aromatic rings. The van der Waals surface area contributed by atoms with E-state index in [0.717, 1.165) is 18.3 Å². The Morgan fingerprint density at radius 1 is 1.18 bits per heavy atom. The van der Waals surface area contributed by atoms with Gasteiger partial charge in [0.15, 0.2) is 0 Å². The molecule has 0 spiro atoms. The topological polar surface area (TPSA) is 32.3 Å². The second-order valence-electron chi connectivity index (χ2n) is 10.7. The molecule has 7 atom stereocenters. The van der Waals surface area contributed by atoms with Gasteiger partial charge in [-0.25, -0.2) is 0 Å². The quantitative estimate of drug-likeness (QED) is 0.699. The number of nitrogens with one attached hydrogen (secondary N) is 1. The summed E-state index contributed by atoms with van der Waals surface area (Å²) in [6.07, 6.45) is 14.1. The predicted octanol–water partition coefficient (Wildman–Crippen LogP) is 4.94. The van der Waals surface area contributed by atoms with Crippen molar-refractivity contribution < 1.29 is 4.79 Å². The van der Waals surface area contributed by atoms with E-state index in [9.17, 15) is 4.79 Å². The molecule has 0 bridgehead atoms. The van der Waals surface area contributed by atoms with Crippen molar-refractivity contribution in [3.05, 3.63) is 23.3 Å². The Labute approximate surface area is 172 Å². The lowest BCUT2D eigenvalue weighted by molar-refractivity contribution is -0.131. The Kier molecular flexibility index (Phi) is 5.05. The summed E-state index contributed by atoms with van der Waals surface area (Å²) in [5.74, 6) is 2.29. The number of carbonyl (C=O) groups is 1. The first-order chi connectivity index (χ1) is 13.2. The molecule has 0 saturated heterocycles. The van der Waals surface area contributed by atoms with E-state index >= 15 is 0 Å². The monoisotopic (exact) mass is 384 g/mol. The maximum Gasteiger partial charge on any atom is 0.219 e. The van der Waals surface area contributed by atoms with Crippen molar-refractivity contribution in [2.45, 2.75) is 84.7 Å². The van der Waals surface area contributed by atoms with Crippen molar-refractivity contribution in [3.8, 4) is 0 Å². The number of hydrogen-bond donors (Lipinski definition) is 1. The van der Waals surface area contributed by atoms with Crippen LogP contribution >= 0.6 is 0 Å². The van der Waals surface area contributed by atoms with E-state index in [1.54, 1.807) is 18.1 Å². The molecule has 1 N–H and O–H groups in total. The van der Waals surface area contributed by atoms with Gasteiger partial charge in [-0.2, -0.15) is 0 Å². The molecular weight excluding hydrogens is 344 g/mol. The van der Waals surface area contributed by atoms with Gasteiger partial charge in [0.05, 0.1) is 0 Å². The Morgan fingerprint density at radius 3 is 2.57 bits per heavy atom. The minimum atomic E-state index is 0.192. The summed E-state index contributed by atoms with van der Waals surface area (Å²) in [7, 11) is 4.10. The van der Waals surface area contributed by atoms with Crippen LogP contribution in [0.5, 0.6) is 0 Å². The summed E-state index contributed by atoms with van der Waals surface area (Å²) in [6, 6.07) is 0.979. The lowest BCUT2D eigenvalue weighted by Crippen LogP contribution is -2.51. The lowest BCUT2D eigenvalue weighted by Gasteiger charge is -2.57. The normalized spacial score (nSPS) is 43.2. The van der Waals surface area contributed by atoms with E-state index in [0.29, 0.717) is 23.4 Å². The van der Waals surface area contributed by atoms with Crippen LogP contribution < -0.4 is 5.32 Å². The van der Waals surface area contributed by atoms with Gasteiger partial charge < -0.3 is 10.2 Å². The fourth-order valence-electron chi connectivity index (χ4n) is 7.57. The second-order valence-corrected chi connectivity index (χ2v) is 10.7. The number of fused-ring (bicyclic) bond motifs is 5. The number of nitrogens with zero attached hydrogens (tertiary/aromatic N) is 1. The van der Waals surface area contributed by atoms with Gasteiger partial charge in [-0.3, -0.25) is 4.79 Å². The molecule has 2 fully saturated rings. The molecule has 0 heterocycles. The highest BCUT2D eigenvalue weighted by molar-refractivity contribution is 5.73. The highest BCUT2D eigenvalue weighted by Gasteiger charge is 2.56. The van der Waals surface area contributed by atoms with E-state index < -0.39 is 0 Å². The highest BCUT2D eigenvalue weighted by atomic mass is 16.2. The number of allylic oxidation sites excluding steroid dienone is 3. The van der Waals surface area contributed by atoms with Crippen molar-refractivity contribution in [1.29, 1.82) is 0 Å². The van der Waals surface area contributed by atoms with Crippen LogP contribution in [0.4, 0.5) is 0 Å². The maximum absolute atomic E-state index is 12.0. The van der Waals surface area contributed by atoms with Crippen LogP contribution in [-0.2, 0) is 4.79 Å². The molecule has 4 aliphatic rings. The maximum atomic E-state index is 12.0. The van der Waals surface area contributed by atoms with Crippen molar-refractivity contribution in [2.24, 2.45) is 28.6 Å². The Morgan fingerprint density at radius 2 is 1.89 bits per heavy atom. The molecule has 4 aliphatic carbocycles. The molecule has 7 unspecified atom stereocenters. The molecule has 0 radical (unpaired) electrons. The first-order valence-corrected chi connectivity index (χ1v) is 11.5. The van der Waals surface area contributed by atoms with Crippen LogP contribution in [0.25, 0.3) is 0 Å². The van der Waals surface area contributed by atoms with Crippen LogP contribution in [0.2, 0.25) is 0 Å². The molecule has 3 heteroatoms. The fraction of sp³-hybridized carbons (Fsp3) is 0.800. The summed E-state index contributed by atoms with van der Waals surface area (Å²) >= 11 is 0. The smallest absolute Gasteiger partial charge is 0.219 e. The SMILES string of the molecule is CNC1CCC2(C)C(=CCC3C4=CCC(C(C)N(C)C(C)=O)C4(C)CCC32)C1. The minimum Gasteiger partial charge on any atom is -0.343 e. The molecule has 28 heavy (non-hydrogen) atoms. The third kappa shape index (κ3) is 2.83. The van der Waals surface area contributed by atoms with Crippen LogP contribution in [-0.4, -0.2) is 37.0 Å². The molecule has 156 valence electrons. The zero-order valence-electron chi connectivity index (χ0n) is 18.8. The second kappa shape index (κ2) is 7.00. The van der Waals surface area contributed by atoms with Gasteiger partial charge >= 0.3 is 0 Å². The molecule has 2 saturated carbocycles. The van der Waals surface area contributed by atoms with E-state index in [1.807, 2.05) is 11.9 Å².